The Bertz CT molecular complexity index is 472. The van der Waals surface area contributed by atoms with Crippen molar-refractivity contribution in [2.75, 3.05) is 0 Å². The average molecular weight is 227 g/mol. The molecule has 1 fully saturated rings. The van der Waals surface area contributed by atoms with Crippen LogP contribution in [0.4, 0.5) is 4.39 Å². The van der Waals surface area contributed by atoms with Gasteiger partial charge in [0.1, 0.15) is 5.82 Å². The first-order chi connectivity index (χ1) is 7.09. The summed E-state index contributed by atoms with van der Waals surface area (Å²) in [7, 11) is 0. The van der Waals surface area contributed by atoms with Crippen molar-refractivity contribution < 1.29 is 14.3 Å². The number of benzene rings is 1. The molecule has 3 rings (SSSR count). The van der Waals surface area contributed by atoms with Gasteiger partial charge in [0.15, 0.2) is 0 Å². The first kappa shape index (κ1) is 9.16. The molecule has 4 heteroatoms. The third kappa shape index (κ3) is 1.13. The second-order valence-corrected chi connectivity index (χ2v) is 4.63. The van der Waals surface area contributed by atoms with Gasteiger partial charge in [0, 0.05) is 5.92 Å². The summed E-state index contributed by atoms with van der Waals surface area (Å²) in [6.07, 6.45) is 0.672. The summed E-state index contributed by atoms with van der Waals surface area (Å²) >= 11 is 5.68. The van der Waals surface area contributed by atoms with Gasteiger partial charge in [-0.25, -0.2) is 4.39 Å². The van der Waals surface area contributed by atoms with Crippen LogP contribution in [0.1, 0.15) is 17.0 Å². The molecule has 1 aromatic carbocycles. The number of hydrogen-bond donors (Lipinski definition) is 1. The van der Waals surface area contributed by atoms with E-state index < -0.39 is 11.8 Å². The SMILES string of the molecule is O=C(O)C1C2Cc3cc(F)c(Cl)cc3C21. The van der Waals surface area contributed by atoms with E-state index in [1.165, 1.54) is 6.07 Å². The van der Waals surface area contributed by atoms with Gasteiger partial charge < -0.3 is 5.11 Å². The number of fused-ring (bicyclic) bond motifs is 3. The van der Waals surface area contributed by atoms with Gasteiger partial charge in [-0.05, 0) is 35.6 Å². The van der Waals surface area contributed by atoms with Crippen LogP contribution in [0.5, 0.6) is 0 Å². The minimum Gasteiger partial charge on any atom is -0.481 e. The topological polar surface area (TPSA) is 37.3 Å². The van der Waals surface area contributed by atoms with E-state index in [1.54, 1.807) is 6.07 Å². The Morgan fingerprint density at radius 3 is 2.93 bits per heavy atom. The highest BCUT2D eigenvalue weighted by Gasteiger charge is 2.59. The van der Waals surface area contributed by atoms with E-state index in [1.807, 2.05) is 0 Å². The monoisotopic (exact) mass is 226 g/mol. The Balaban J connectivity index is 2.02. The molecule has 2 aliphatic carbocycles. The molecule has 2 aliphatic rings. The van der Waals surface area contributed by atoms with Crippen LogP contribution in [0.15, 0.2) is 12.1 Å². The van der Waals surface area contributed by atoms with Crippen LogP contribution in [-0.2, 0) is 11.2 Å². The van der Waals surface area contributed by atoms with Crippen LogP contribution in [0.2, 0.25) is 5.02 Å². The lowest BCUT2D eigenvalue weighted by Gasteiger charge is -2.06. The van der Waals surface area contributed by atoms with Crippen LogP contribution in [0, 0.1) is 17.7 Å². The number of carbonyl (C=O) groups is 1. The van der Waals surface area contributed by atoms with Gasteiger partial charge in [-0.1, -0.05) is 11.6 Å². The maximum atomic E-state index is 13.1. The van der Waals surface area contributed by atoms with Gasteiger partial charge in [-0.2, -0.15) is 0 Å². The van der Waals surface area contributed by atoms with E-state index in [0.717, 1.165) is 11.1 Å². The van der Waals surface area contributed by atoms with E-state index in [-0.39, 0.29) is 22.8 Å². The first-order valence-corrected chi connectivity index (χ1v) is 5.18. The van der Waals surface area contributed by atoms with Gasteiger partial charge in [0.25, 0.3) is 0 Å². The molecular weight excluding hydrogens is 219 g/mol. The molecule has 0 saturated heterocycles. The lowest BCUT2D eigenvalue weighted by molar-refractivity contribution is -0.139. The average Bonchev–Trinajstić information content (AvgIpc) is 2.76. The van der Waals surface area contributed by atoms with Gasteiger partial charge in [-0.3, -0.25) is 4.79 Å². The van der Waals surface area contributed by atoms with Crippen molar-refractivity contribution in [1.29, 1.82) is 0 Å². The molecule has 0 bridgehead atoms. The maximum Gasteiger partial charge on any atom is 0.307 e. The first-order valence-electron chi connectivity index (χ1n) is 4.80. The largest absolute Gasteiger partial charge is 0.481 e. The molecular formula is C11H8ClFO2. The number of carboxylic acid groups (broad SMARTS) is 1. The zero-order valence-electron chi connectivity index (χ0n) is 7.71. The van der Waals surface area contributed by atoms with E-state index in [2.05, 4.69) is 0 Å². The summed E-state index contributed by atoms with van der Waals surface area (Å²) in [5.41, 5.74) is 1.85. The van der Waals surface area contributed by atoms with Gasteiger partial charge >= 0.3 is 5.97 Å². The Morgan fingerprint density at radius 2 is 2.27 bits per heavy atom. The highest BCUT2D eigenvalue weighted by molar-refractivity contribution is 6.30. The standard InChI is InChI=1S/C11H8ClFO2/c12-7-3-5-4(2-8(7)13)1-6-9(5)10(6)11(14)15/h2-3,6,9-10H,1H2,(H,14,15). The molecule has 78 valence electrons. The highest BCUT2D eigenvalue weighted by atomic mass is 35.5. The highest BCUT2D eigenvalue weighted by Crippen LogP contribution is 2.61. The third-order valence-corrected chi connectivity index (χ3v) is 3.74. The predicted molar refractivity (Wildman–Crippen MR) is 52.5 cm³/mol. The Kier molecular flexibility index (Phi) is 1.67. The summed E-state index contributed by atoms with van der Waals surface area (Å²) in [6, 6.07) is 3.02. The summed E-state index contributed by atoms with van der Waals surface area (Å²) in [5.74, 6) is -1.22. The molecule has 0 spiro atoms. The smallest absolute Gasteiger partial charge is 0.307 e. The van der Waals surface area contributed by atoms with E-state index >= 15 is 0 Å². The van der Waals surface area contributed by atoms with Gasteiger partial charge in [0.05, 0.1) is 10.9 Å². The number of carboxylic acids is 1. The van der Waals surface area contributed by atoms with Crippen molar-refractivity contribution >= 4 is 17.6 Å². The van der Waals surface area contributed by atoms with Crippen molar-refractivity contribution in [2.24, 2.45) is 11.8 Å². The van der Waals surface area contributed by atoms with Gasteiger partial charge in [-0.15, -0.1) is 0 Å². The summed E-state index contributed by atoms with van der Waals surface area (Å²) in [5, 5.41) is 8.99. The molecule has 3 atom stereocenters. The molecule has 3 unspecified atom stereocenters. The molecule has 1 aromatic rings. The normalized spacial score (nSPS) is 30.9. The van der Waals surface area contributed by atoms with Gasteiger partial charge in [0.2, 0.25) is 0 Å². The number of halogens is 2. The molecule has 2 nitrogen and oxygen atoms in total. The van der Waals surface area contributed by atoms with Crippen LogP contribution >= 0.6 is 11.6 Å². The second-order valence-electron chi connectivity index (χ2n) is 4.22. The van der Waals surface area contributed by atoms with Crippen LogP contribution in [0.3, 0.4) is 0 Å². The van der Waals surface area contributed by atoms with Crippen molar-refractivity contribution in [3.8, 4) is 0 Å². The molecule has 0 aromatic heterocycles. The summed E-state index contributed by atoms with van der Waals surface area (Å²) in [4.78, 5) is 10.8. The number of hydrogen-bond acceptors (Lipinski definition) is 1. The molecule has 0 radical (unpaired) electrons. The Hall–Kier alpha value is -1.09. The zero-order chi connectivity index (χ0) is 10.7. The van der Waals surface area contributed by atoms with Crippen molar-refractivity contribution in [3.05, 3.63) is 34.1 Å². The number of rotatable bonds is 1. The fraction of sp³-hybridized carbons (Fsp3) is 0.364. The van der Waals surface area contributed by atoms with Crippen LogP contribution < -0.4 is 0 Å². The lowest BCUT2D eigenvalue weighted by atomic mass is 10.0. The second kappa shape index (κ2) is 2.73. The number of aliphatic carboxylic acids is 1. The molecule has 1 N–H and O–H groups in total. The van der Waals surface area contributed by atoms with Crippen molar-refractivity contribution in [3.63, 3.8) is 0 Å². The molecule has 15 heavy (non-hydrogen) atoms. The zero-order valence-corrected chi connectivity index (χ0v) is 8.46. The fourth-order valence-corrected chi connectivity index (χ4v) is 2.91. The summed E-state index contributed by atoms with van der Waals surface area (Å²) < 4.78 is 13.1. The molecule has 0 amide bonds. The van der Waals surface area contributed by atoms with E-state index in [4.69, 9.17) is 16.7 Å². The molecule has 1 saturated carbocycles. The van der Waals surface area contributed by atoms with E-state index in [0.29, 0.717) is 6.42 Å². The predicted octanol–water partition coefficient (Wildman–Crippen LogP) is 2.45. The minimum absolute atomic E-state index is 0.0654. The maximum absolute atomic E-state index is 13.1. The van der Waals surface area contributed by atoms with Crippen molar-refractivity contribution in [2.45, 2.75) is 12.3 Å². The fourth-order valence-electron chi connectivity index (χ4n) is 2.73. The Morgan fingerprint density at radius 1 is 1.53 bits per heavy atom. The summed E-state index contributed by atoms with van der Waals surface area (Å²) in [6.45, 7) is 0. The van der Waals surface area contributed by atoms with Crippen LogP contribution in [0.25, 0.3) is 0 Å². The van der Waals surface area contributed by atoms with E-state index in [9.17, 15) is 9.18 Å². The Labute approximate surface area is 90.7 Å². The quantitative estimate of drug-likeness (QED) is 0.799. The third-order valence-electron chi connectivity index (χ3n) is 3.45. The lowest BCUT2D eigenvalue weighted by Crippen LogP contribution is -2.05. The van der Waals surface area contributed by atoms with Crippen LogP contribution in [-0.4, -0.2) is 11.1 Å². The van der Waals surface area contributed by atoms with Crippen molar-refractivity contribution in [1.82, 2.24) is 0 Å². The minimum atomic E-state index is -0.754. The molecule has 0 heterocycles. The molecule has 0 aliphatic heterocycles.